The Kier molecular flexibility index (Phi) is 4.01. The van der Waals surface area contributed by atoms with Gasteiger partial charge in [-0.2, -0.15) is 0 Å². The summed E-state index contributed by atoms with van der Waals surface area (Å²) in [6.07, 6.45) is 3.65. The summed E-state index contributed by atoms with van der Waals surface area (Å²) < 4.78 is 0. The summed E-state index contributed by atoms with van der Waals surface area (Å²) >= 11 is 1.48. The first kappa shape index (κ1) is 12.7. The number of aryl methyl sites for hydroxylation is 1. The molecule has 6 heteroatoms. The summed E-state index contributed by atoms with van der Waals surface area (Å²) in [5.74, 6) is -0.337. The van der Waals surface area contributed by atoms with Gasteiger partial charge in [-0.25, -0.2) is 4.98 Å². The SMILES string of the molecule is Cc1ccsc1[C@H](O)CNC(=O)c1cnccn1. The fourth-order valence-corrected chi connectivity index (χ4v) is 2.43. The van der Waals surface area contributed by atoms with E-state index < -0.39 is 6.10 Å². The van der Waals surface area contributed by atoms with Gasteiger partial charge in [-0.1, -0.05) is 0 Å². The predicted molar refractivity (Wildman–Crippen MR) is 68.4 cm³/mol. The van der Waals surface area contributed by atoms with E-state index in [1.165, 1.54) is 29.9 Å². The fourth-order valence-electron chi connectivity index (χ4n) is 1.51. The monoisotopic (exact) mass is 263 g/mol. The van der Waals surface area contributed by atoms with E-state index in [1.54, 1.807) is 0 Å². The zero-order valence-electron chi connectivity index (χ0n) is 9.83. The van der Waals surface area contributed by atoms with Crippen molar-refractivity contribution in [3.63, 3.8) is 0 Å². The van der Waals surface area contributed by atoms with Crippen LogP contribution in [-0.4, -0.2) is 27.5 Å². The molecule has 0 aliphatic heterocycles. The summed E-state index contributed by atoms with van der Waals surface area (Å²) in [5, 5.41) is 14.5. The zero-order chi connectivity index (χ0) is 13.0. The number of rotatable bonds is 4. The van der Waals surface area contributed by atoms with Crippen LogP contribution >= 0.6 is 11.3 Å². The number of amides is 1. The van der Waals surface area contributed by atoms with Gasteiger partial charge < -0.3 is 10.4 Å². The molecule has 5 nitrogen and oxygen atoms in total. The van der Waals surface area contributed by atoms with Crippen molar-refractivity contribution in [2.24, 2.45) is 0 Å². The summed E-state index contributed by atoms with van der Waals surface area (Å²) in [6, 6.07) is 1.94. The van der Waals surface area contributed by atoms with Gasteiger partial charge in [-0.3, -0.25) is 9.78 Å². The molecule has 0 fully saturated rings. The van der Waals surface area contributed by atoms with Crippen molar-refractivity contribution in [2.75, 3.05) is 6.54 Å². The highest BCUT2D eigenvalue weighted by molar-refractivity contribution is 7.10. The number of aliphatic hydroxyl groups excluding tert-OH is 1. The van der Waals surface area contributed by atoms with Crippen molar-refractivity contribution in [3.05, 3.63) is 46.2 Å². The van der Waals surface area contributed by atoms with Gasteiger partial charge in [0, 0.05) is 23.8 Å². The van der Waals surface area contributed by atoms with Crippen LogP contribution in [-0.2, 0) is 0 Å². The van der Waals surface area contributed by atoms with Crippen molar-refractivity contribution in [1.82, 2.24) is 15.3 Å². The number of thiophene rings is 1. The first-order valence-corrected chi connectivity index (χ1v) is 6.32. The van der Waals surface area contributed by atoms with Crippen LogP contribution in [0.25, 0.3) is 0 Å². The molecule has 18 heavy (non-hydrogen) atoms. The largest absolute Gasteiger partial charge is 0.386 e. The Morgan fingerprint density at radius 3 is 3.00 bits per heavy atom. The van der Waals surface area contributed by atoms with Gasteiger partial charge in [0.15, 0.2) is 0 Å². The number of aliphatic hydroxyl groups is 1. The van der Waals surface area contributed by atoms with Crippen LogP contribution in [0.3, 0.4) is 0 Å². The van der Waals surface area contributed by atoms with Crippen molar-refractivity contribution in [3.8, 4) is 0 Å². The lowest BCUT2D eigenvalue weighted by molar-refractivity contribution is 0.0912. The van der Waals surface area contributed by atoms with E-state index in [4.69, 9.17) is 0 Å². The van der Waals surface area contributed by atoms with Gasteiger partial charge in [0.05, 0.1) is 6.20 Å². The third-order valence-electron chi connectivity index (χ3n) is 2.46. The number of hydrogen-bond donors (Lipinski definition) is 2. The van der Waals surface area contributed by atoms with E-state index in [1.807, 2.05) is 18.4 Å². The first-order chi connectivity index (χ1) is 8.68. The zero-order valence-corrected chi connectivity index (χ0v) is 10.6. The number of nitrogens with zero attached hydrogens (tertiary/aromatic N) is 2. The summed E-state index contributed by atoms with van der Waals surface area (Å²) in [7, 11) is 0. The van der Waals surface area contributed by atoms with E-state index in [9.17, 15) is 9.90 Å². The van der Waals surface area contributed by atoms with Crippen LogP contribution in [0.15, 0.2) is 30.0 Å². The van der Waals surface area contributed by atoms with Crippen molar-refractivity contribution >= 4 is 17.2 Å². The smallest absolute Gasteiger partial charge is 0.271 e. The lowest BCUT2D eigenvalue weighted by Gasteiger charge is -2.11. The van der Waals surface area contributed by atoms with E-state index in [0.29, 0.717) is 0 Å². The second-order valence-corrected chi connectivity index (χ2v) is 4.73. The third kappa shape index (κ3) is 2.91. The molecule has 2 N–H and O–H groups in total. The molecule has 2 rings (SSSR count). The van der Waals surface area contributed by atoms with E-state index in [2.05, 4.69) is 15.3 Å². The van der Waals surface area contributed by atoms with Crippen LogP contribution in [0.2, 0.25) is 0 Å². The average Bonchev–Trinajstić information content (AvgIpc) is 2.83. The Morgan fingerprint density at radius 2 is 2.39 bits per heavy atom. The van der Waals surface area contributed by atoms with Crippen molar-refractivity contribution in [1.29, 1.82) is 0 Å². The summed E-state index contributed by atoms with van der Waals surface area (Å²) in [5.41, 5.74) is 1.27. The molecule has 2 aromatic heterocycles. The van der Waals surface area contributed by atoms with E-state index in [-0.39, 0.29) is 18.1 Å². The second kappa shape index (κ2) is 5.70. The van der Waals surface area contributed by atoms with Gasteiger partial charge in [-0.15, -0.1) is 11.3 Å². The Morgan fingerprint density at radius 1 is 1.56 bits per heavy atom. The van der Waals surface area contributed by atoms with Crippen LogP contribution in [0.5, 0.6) is 0 Å². The quantitative estimate of drug-likeness (QED) is 0.872. The minimum atomic E-state index is -0.689. The molecule has 2 heterocycles. The van der Waals surface area contributed by atoms with Crippen molar-refractivity contribution < 1.29 is 9.90 Å². The van der Waals surface area contributed by atoms with Gasteiger partial charge in [0.25, 0.3) is 5.91 Å². The maximum Gasteiger partial charge on any atom is 0.271 e. The standard InChI is InChI=1S/C12H13N3O2S/c1-8-2-5-18-11(8)10(16)7-15-12(17)9-6-13-3-4-14-9/h2-6,10,16H,7H2,1H3,(H,15,17)/t10-/m1/s1. The van der Waals surface area contributed by atoms with Crippen LogP contribution in [0, 0.1) is 6.92 Å². The summed E-state index contributed by atoms with van der Waals surface area (Å²) in [6.45, 7) is 2.09. The minimum absolute atomic E-state index is 0.163. The highest BCUT2D eigenvalue weighted by Crippen LogP contribution is 2.23. The van der Waals surface area contributed by atoms with E-state index >= 15 is 0 Å². The predicted octanol–water partition coefficient (Wildman–Crippen LogP) is 1.31. The summed E-state index contributed by atoms with van der Waals surface area (Å²) in [4.78, 5) is 20.2. The number of hydrogen-bond acceptors (Lipinski definition) is 5. The van der Waals surface area contributed by atoms with Crippen LogP contribution < -0.4 is 5.32 Å². The van der Waals surface area contributed by atoms with Crippen LogP contribution in [0.1, 0.15) is 27.0 Å². The van der Waals surface area contributed by atoms with Gasteiger partial charge >= 0.3 is 0 Å². The molecular weight excluding hydrogens is 250 g/mol. The van der Waals surface area contributed by atoms with E-state index in [0.717, 1.165) is 10.4 Å². The molecule has 1 atom stereocenters. The highest BCUT2D eigenvalue weighted by Gasteiger charge is 2.14. The van der Waals surface area contributed by atoms with Crippen molar-refractivity contribution in [2.45, 2.75) is 13.0 Å². The third-order valence-corrected chi connectivity index (χ3v) is 3.58. The van der Waals surface area contributed by atoms with Gasteiger partial charge in [0.2, 0.25) is 0 Å². The Bertz CT molecular complexity index is 527. The molecule has 0 spiro atoms. The minimum Gasteiger partial charge on any atom is -0.386 e. The molecule has 0 saturated carbocycles. The highest BCUT2D eigenvalue weighted by atomic mass is 32.1. The van der Waals surface area contributed by atoms with Gasteiger partial charge in [-0.05, 0) is 23.9 Å². The Balaban J connectivity index is 1.93. The Hall–Kier alpha value is -1.79. The number of carbonyl (C=O) groups excluding carboxylic acids is 1. The average molecular weight is 263 g/mol. The maximum absolute atomic E-state index is 11.7. The molecule has 0 bridgehead atoms. The number of aromatic nitrogens is 2. The van der Waals surface area contributed by atoms with Crippen LogP contribution in [0.4, 0.5) is 0 Å². The molecule has 0 saturated heterocycles. The molecule has 0 radical (unpaired) electrons. The molecule has 94 valence electrons. The second-order valence-electron chi connectivity index (χ2n) is 3.78. The molecule has 0 aromatic carbocycles. The molecule has 0 aliphatic carbocycles. The normalized spacial score (nSPS) is 12.1. The molecule has 1 amide bonds. The van der Waals surface area contributed by atoms with Gasteiger partial charge in [0.1, 0.15) is 11.8 Å². The number of carbonyl (C=O) groups is 1. The molecular formula is C12H13N3O2S. The number of nitrogens with one attached hydrogen (secondary N) is 1. The lowest BCUT2D eigenvalue weighted by atomic mass is 10.2. The molecule has 0 aliphatic rings. The Labute approximate surface area is 109 Å². The first-order valence-electron chi connectivity index (χ1n) is 5.44. The molecule has 2 aromatic rings. The fraction of sp³-hybridized carbons (Fsp3) is 0.250. The lowest BCUT2D eigenvalue weighted by Crippen LogP contribution is -2.29. The molecule has 0 unspecified atom stereocenters. The maximum atomic E-state index is 11.7. The topological polar surface area (TPSA) is 75.1 Å².